The van der Waals surface area contributed by atoms with E-state index in [4.69, 9.17) is 15.9 Å². The molecule has 0 heterocycles. The van der Waals surface area contributed by atoms with Crippen LogP contribution in [-0.4, -0.2) is 76.0 Å². The first-order valence-electron chi connectivity index (χ1n) is 8.59. The van der Waals surface area contributed by atoms with Crippen molar-refractivity contribution in [2.75, 3.05) is 12.0 Å². The predicted molar refractivity (Wildman–Crippen MR) is 103 cm³/mol. The van der Waals surface area contributed by atoms with Gasteiger partial charge in [0.15, 0.2) is 0 Å². The van der Waals surface area contributed by atoms with Gasteiger partial charge < -0.3 is 31.9 Å². The van der Waals surface area contributed by atoms with Crippen LogP contribution < -0.4 is 21.7 Å². The Morgan fingerprint density at radius 1 is 0.893 bits per heavy atom. The summed E-state index contributed by atoms with van der Waals surface area (Å²) in [4.78, 5) is 58.1. The molecule has 0 aromatic rings. The van der Waals surface area contributed by atoms with E-state index in [0.717, 1.165) is 0 Å². The van der Waals surface area contributed by atoms with Crippen LogP contribution in [0.1, 0.15) is 33.1 Å². The second-order valence-electron chi connectivity index (χ2n) is 6.18. The van der Waals surface area contributed by atoms with Crippen molar-refractivity contribution in [3.8, 4) is 0 Å². The van der Waals surface area contributed by atoms with E-state index in [1.54, 1.807) is 0 Å². The third-order valence-corrected chi connectivity index (χ3v) is 4.37. The zero-order chi connectivity index (χ0) is 21.9. The molecule has 0 rings (SSSR count). The van der Waals surface area contributed by atoms with Gasteiger partial charge in [-0.3, -0.25) is 24.0 Å². The summed E-state index contributed by atoms with van der Waals surface area (Å²) < 4.78 is 0. The lowest BCUT2D eigenvalue weighted by molar-refractivity contribution is -0.142. The summed E-state index contributed by atoms with van der Waals surface area (Å²) >= 11 is 1.53. The van der Waals surface area contributed by atoms with Crippen molar-refractivity contribution in [3.05, 3.63) is 0 Å². The number of hydrogen-bond donors (Lipinski definition) is 6. The Hall–Kier alpha value is -2.34. The van der Waals surface area contributed by atoms with E-state index < -0.39 is 60.2 Å². The minimum absolute atomic E-state index is 0.243. The Kier molecular flexibility index (Phi) is 11.9. The number of nitrogens with two attached hydrogens (primary N) is 1. The third kappa shape index (κ3) is 10.1. The third-order valence-electron chi connectivity index (χ3n) is 3.73. The van der Waals surface area contributed by atoms with Crippen LogP contribution in [0, 0.1) is 0 Å². The summed E-state index contributed by atoms with van der Waals surface area (Å²) in [6.45, 7) is 2.62. The first kappa shape index (κ1) is 25.7. The highest BCUT2D eigenvalue weighted by molar-refractivity contribution is 7.98. The molecule has 11 nitrogen and oxygen atoms in total. The molecule has 0 bridgehead atoms. The van der Waals surface area contributed by atoms with E-state index in [9.17, 15) is 24.0 Å². The number of nitrogens with one attached hydrogen (secondary N) is 3. The van der Waals surface area contributed by atoms with Crippen LogP contribution in [0.3, 0.4) is 0 Å². The first-order valence-corrected chi connectivity index (χ1v) is 9.99. The number of hydrogen-bond acceptors (Lipinski definition) is 7. The van der Waals surface area contributed by atoms with Crippen LogP contribution in [0.2, 0.25) is 0 Å². The molecule has 4 atom stereocenters. The molecule has 0 radical (unpaired) electrons. The molecule has 28 heavy (non-hydrogen) atoms. The zero-order valence-electron chi connectivity index (χ0n) is 16.1. The Morgan fingerprint density at radius 2 is 1.46 bits per heavy atom. The maximum absolute atomic E-state index is 12.3. The van der Waals surface area contributed by atoms with E-state index in [0.29, 0.717) is 12.2 Å². The van der Waals surface area contributed by atoms with Gasteiger partial charge in [0.05, 0.1) is 6.04 Å². The number of amides is 3. The van der Waals surface area contributed by atoms with Crippen molar-refractivity contribution in [2.45, 2.75) is 57.3 Å². The van der Waals surface area contributed by atoms with E-state index in [2.05, 4.69) is 16.0 Å². The fourth-order valence-corrected chi connectivity index (χ4v) is 2.46. The van der Waals surface area contributed by atoms with Gasteiger partial charge in [-0.05, 0) is 38.7 Å². The fourth-order valence-electron chi connectivity index (χ4n) is 1.97. The summed E-state index contributed by atoms with van der Waals surface area (Å²) in [6.07, 6.45) is 1.64. The summed E-state index contributed by atoms with van der Waals surface area (Å²) in [7, 11) is 0. The lowest BCUT2D eigenvalue weighted by Crippen LogP contribution is -2.56. The molecule has 12 heteroatoms. The SMILES string of the molecule is CSCCC(N)C(=O)NC(C)C(=O)NC(CCC(=O)O)C(=O)NC(C)C(=O)O. The number of carbonyl (C=O) groups is 5. The van der Waals surface area contributed by atoms with Crippen LogP contribution in [0.15, 0.2) is 0 Å². The molecule has 160 valence electrons. The second-order valence-corrected chi connectivity index (χ2v) is 7.17. The van der Waals surface area contributed by atoms with Gasteiger partial charge in [-0.25, -0.2) is 0 Å². The maximum Gasteiger partial charge on any atom is 0.325 e. The van der Waals surface area contributed by atoms with Crippen molar-refractivity contribution in [1.29, 1.82) is 0 Å². The highest BCUT2D eigenvalue weighted by Gasteiger charge is 2.27. The lowest BCUT2D eigenvalue weighted by atomic mass is 10.1. The molecule has 0 aromatic heterocycles. The molecule has 3 amide bonds. The fraction of sp³-hybridized carbons (Fsp3) is 0.688. The topological polar surface area (TPSA) is 188 Å². The highest BCUT2D eigenvalue weighted by atomic mass is 32.2. The summed E-state index contributed by atoms with van der Waals surface area (Å²) in [5.41, 5.74) is 5.72. The Bertz CT molecular complexity index is 587. The van der Waals surface area contributed by atoms with Gasteiger partial charge in [-0.1, -0.05) is 0 Å². The molecule has 0 fully saturated rings. The highest BCUT2D eigenvalue weighted by Crippen LogP contribution is 2.02. The molecular weight excluding hydrogens is 392 g/mol. The van der Waals surface area contributed by atoms with Gasteiger partial charge in [-0.2, -0.15) is 11.8 Å². The van der Waals surface area contributed by atoms with Crippen LogP contribution in [0.5, 0.6) is 0 Å². The van der Waals surface area contributed by atoms with Crippen LogP contribution in [0.25, 0.3) is 0 Å². The molecule has 4 unspecified atom stereocenters. The van der Waals surface area contributed by atoms with E-state index in [1.165, 1.54) is 25.6 Å². The van der Waals surface area contributed by atoms with Crippen LogP contribution >= 0.6 is 11.8 Å². The number of carboxylic acid groups (broad SMARTS) is 2. The Morgan fingerprint density at radius 3 is 1.96 bits per heavy atom. The van der Waals surface area contributed by atoms with Gasteiger partial charge in [0.2, 0.25) is 17.7 Å². The van der Waals surface area contributed by atoms with Crippen LogP contribution in [0.4, 0.5) is 0 Å². The van der Waals surface area contributed by atoms with Crippen molar-refractivity contribution >= 4 is 41.4 Å². The average molecular weight is 420 g/mol. The smallest absolute Gasteiger partial charge is 0.325 e. The van der Waals surface area contributed by atoms with Gasteiger partial charge in [0, 0.05) is 6.42 Å². The first-order chi connectivity index (χ1) is 13.0. The van der Waals surface area contributed by atoms with Gasteiger partial charge >= 0.3 is 11.9 Å². The quantitative estimate of drug-likeness (QED) is 0.206. The predicted octanol–water partition coefficient (Wildman–Crippen LogP) is -1.49. The standard InChI is InChI=1S/C16H28N4O7S/c1-8(18-14(24)10(17)6-7-28-3)13(23)20-11(4-5-12(21)22)15(25)19-9(2)16(26)27/h8-11H,4-7,17H2,1-3H3,(H,18,24)(H,19,25)(H,20,23)(H,21,22)(H,26,27). The normalized spacial score (nSPS) is 14.9. The van der Waals surface area contributed by atoms with Crippen molar-refractivity contribution in [1.82, 2.24) is 16.0 Å². The summed E-state index contributed by atoms with van der Waals surface area (Å²) in [5.74, 6) is -3.87. The van der Waals surface area contributed by atoms with Gasteiger partial charge in [0.25, 0.3) is 0 Å². The molecule has 0 saturated carbocycles. The minimum Gasteiger partial charge on any atom is -0.481 e. The maximum atomic E-state index is 12.3. The van der Waals surface area contributed by atoms with Gasteiger partial charge in [0.1, 0.15) is 18.1 Å². The molecule has 0 aliphatic rings. The zero-order valence-corrected chi connectivity index (χ0v) is 16.9. The molecule has 7 N–H and O–H groups in total. The van der Waals surface area contributed by atoms with E-state index >= 15 is 0 Å². The average Bonchev–Trinajstić information content (AvgIpc) is 2.61. The summed E-state index contributed by atoms with van der Waals surface area (Å²) in [5, 5.41) is 24.6. The Balaban J connectivity index is 4.91. The monoisotopic (exact) mass is 420 g/mol. The molecule has 0 saturated heterocycles. The van der Waals surface area contributed by atoms with E-state index in [-0.39, 0.29) is 6.42 Å². The van der Waals surface area contributed by atoms with E-state index in [1.807, 2.05) is 6.26 Å². The number of carbonyl (C=O) groups excluding carboxylic acids is 3. The number of thioether (sulfide) groups is 1. The lowest BCUT2D eigenvalue weighted by Gasteiger charge is -2.22. The largest absolute Gasteiger partial charge is 0.481 e. The molecule has 0 spiro atoms. The van der Waals surface area contributed by atoms with Crippen molar-refractivity contribution < 1.29 is 34.2 Å². The molecule has 0 aromatic carbocycles. The number of carboxylic acids is 2. The molecule has 0 aliphatic heterocycles. The summed E-state index contributed by atoms with van der Waals surface area (Å²) in [6, 6.07) is -4.30. The van der Waals surface area contributed by atoms with Crippen molar-refractivity contribution in [2.24, 2.45) is 5.73 Å². The Labute approximate surface area is 167 Å². The number of aliphatic carboxylic acids is 2. The van der Waals surface area contributed by atoms with Crippen LogP contribution in [-0.2, 0) is 24.0 Å². The number of rotatable bonds is 13. The molecular formula is C16H28N4O7S. The minimum atomic E-state index is -1.28. The molecule has 0 aliphatic carbocycles. The van der Waals surface area contributed by atoms with Crippen molar-refractivity contribution in [3.63, 3.8) is 0 Å². The van der Waals surface area contributed by atoms with Gasteiger partial charge in [-0.15, -0.1) is 0 Å². The second kappa shape index (κ2) is 12.9.